The fraction of sp³-hybridized carbons (Fsp3) is 0.105. The van der Waals surface area contributed by atoms with Crippen LogP contribution in [0.2, 0.25) is 0 Å². The van der Waals surface area contributed by atoms with Crippen LogP contribution in [0.5, 0.6) is 0 Å². The van der Waals surface area contributed by atoms with Crippen LogP contribution >= 0.6 is 11.3 Å². The van der Waals surface area contributed by atoms with E-state index < -0.39 is 0 Å². The first-order valence-electron chi connectivity index (χ1n) is 7.76. The highest BCUT2D eigenvalue weighted by Gasteiger charge is 2.16. The van der Waals surface area contributed by atoms with Gasteiger partial charge in [-0.15, -0.1) is 0 Å². The van der Waals surface area contributed by atoms with Crippen molar-refractivity contribution in [3.05, 3.63) is 65.7 Å². The van der Waals surface area contributed by atoms with E-state index in [2.05, 4.69) is 51.8 Å². The lowest BCUT2D eigenvalue weighted by Crippen LogP contribution is -3.00. The van der Waals surface area contributed by atoms with E-state index in [0.717, 1.165) is 33.0 Å². The predicted octanol–water partition coefficient (Wildman–Crippen LogP) is 2.45. The lowest BCUT2D eigenvalue weighted by Gasteiger charge is -1.97. The maximum atomic E-state index is 4.60. The van der Waals surface area contributed by atoms with Crippen LogP contribution in [-0.4, -0.2) is 4.98 Å². The molecule has 0 saturated carbocycles. The predicted molar refractivity (Wildman–Crippen MR) is 98.1 cm³/mol. The first-order chi connectivity index (χ1) is 11.7. The van der Waals surface area contributed by atoms with E-state index in [1.54, 1.807) is 11.3 Å². The quantitative estimate of drug-likeness (QED) is 0.396. The number of hydrogen-bond donors (Lipinski definition) is 1. The van der Waals surface area contributed by atoms with E-state index in [0.29, 0.717) is 0 Å². The summed E-state index contributed by atoms with van der Waals surface area (Å²) in [5.41, 5.74) is 5.22. The largest absolute Gasteiger partial charge is 1.00 e. The Labute approximate surface area is 160 Å². The van der Waals surface area contributed by atoms with Gasteiger partial charge < -0.3 is 22.0 Å². The third kappa shape index (κ3) is 3.27. The van der Waals surface area contributed by atoms with Gasteiger partial charge in [-0.05, 0) is 29.4 Å². The normalized spacial score (nSPS) is 11.1. The highest BCUT2D eigenvalue weighted by molar-refractivity contribution is 7.12. The van der Waals surface area contributed by atoms with Crippen LogP contribution < -0.4 is 21.5 Å². The molecule has 0 spiro atoms. The summed E-state index contributed by atoms with van der Waals surface area (Å²) in [5, 5.41) is 13.1. The van der Waals surface area contributed by atoms with Crippen LogP contribution in [0.25, 0.3) is 22.2 Å². The van der Waals surface area contributed by atoms with Crippen molar-refractivity contribution in [2.24, 2.45) is 17.3 Å². The van der Waals surface area contributed by atoms with E-state index in [1.807, 2.05) is 41.9 Å². The molecule has 6 heteroatoms. The molecule has 25 heavy (non-hydrogen) atoms. The van der Waals surface area contributed by atoms with Crippen LogP contribution in [-0.2, 0) is 7.05 Å². The minimum atomic E-state index is 0. The number of fused-ring (bicyclic) bond motifs is 1. The topological polar surface area (TPSA) is 44.4 Å². The van der Waals surface area contributed by atoms with Gasteiger partial charge in [0, 0.05) is 21.8 Å². The van der Waals surface area contributed by atoms with Gasteiger partial charge >= 0.3 is 5.13 Å². The molecule has 0 aliphatic rings. The highest BCUT2D eigenvalue weighted by Crippen LogP contribution is 2.38. The average molecular weight is 413 g/mol. The summed E-state index contributed by atoms with van der Waals surface area (Å²) in [6.45, 7) is 2.07. The summed E-state index contributed by atoms with van der Waals surface area (Å²) >= 11 is 1.60. The van der Waals surface area contributed by atoms with Gasteiger partial charge in [-0.25, -0.2) is 4.57 Å². The second-order valence-electron chi connectivity index (χ2n) is 5.68. The third-order valence-electron chi connectivity index (χ3n) is 4.13. The number of hydrogen-bond acceptors (Lipinski definition) is 3. The number of aromatic nitrogens is 2. The Morgan fingerprint density at radius 1 is 0.960 bits per heavy atom. The van der Waals surface area contributed by atoms with Crippen molar-refractivity contribution in [1.82, 2.24) is 4.98 Å². The first kappa shape index (κ1) is 17.5. The van der Waals surface area contributed by atoms with Crippen LogP contribution in [0.4, 0.5) is 10.8 Å². The second-order valence-corrected chi connectivity index (χ2v) is 6.52. The van der Waals surface area contributed by atoms with Crippen molar-refractivity contribution >= 4 is 33.1 Å². The highest BCUT2D eigenvalue weighted by atomic mass is 79.9. The molecule has 0 bridgehead atoms. The maximum absolute atomic E-state index is 4.60. The van der Waals surface area contributed by atoms with E-state index >= 15 is 0 Å². The molecule has 0 amide bonds. The summed E-state index contributed by atoms with van der Waals surface area (Å²) in [4.78, 5) is 3.48. The summed E-state index contributed by atoms with van der Waals surface area (Å²) in [5.74, 6) is 0. The summed E-state index contributed by atoms with van der Waals surface area (Å²) in [7, 11) is 2.01. The molecule has 2 aromatic heterocycles. The number of para-hydroxylation sites is 1. The van der Waals surface area contributed by atoms with E-state index in [-0.39, 0.29) is 17.0 Å². The Hall–Kier alpha value is -2.31. The summed E-state index contributed by atoms with van der Waals surface area (Å²) < 4.78 is 2.05. The standard InChI is InChI=1S/C19H16N4S.BrH/c1-13-12-24-19(23(13)2)22-21-18-15-10-6-7-11-16(15)20-17(18)14-8-4-3-5-9-14;/h3-12H,1-2H3;1H. The number of halogens is 1. The number of aryl methyl sites for hydroxylation is 1. The third-order valence-corrected chi connectivity index (χ3v) is 5.15. The van der Waals surface area contributed by atoms with Gasteiger partial charge in [0.2, 0.25) is 0 Å². The van der Waals surface area contributed by atoms with Crippen molar-refractivity contribution in [2.75, 3.05) is 0 Å². The van der Waals surface area contributed by atoms with Crippen LogP contribution in [0.1, 0.15) is 5.69 Å². The summed E-state index contributed by atoms with van der Waals surface area (Å²) in [6.07, 6.45) is 0. The zero-order valence-corrected chi connectivity index (χ0v) is 16.3. The van der Waals surface area contributed by atoms with Gasteiger partial charge in [-0.1, -0.05) is 48.5 Å². The monoisotopic (exact) mass is 412 g/mol. The molecular weight excluding hydrogens is 396 g/mol. The van der Waals surface area contributed by atoms with Crippen LogP contribution in [0.3, 0.4) is 0 Å². The van der Waals surface area contributed by atoms with Crippen LogP contribution in [0.15, 0.2) is 70.2 Å². The Morgan fingerprint density at radius 3 is 2.40 bits per heavy atom. The van der Waals surface area contributed by atoms with Gasteiger partial charge in [0.05, 0.1) is 17.9 Å². The van der Waals surface area contributed by atoms with Gasteiger partial charge in [0.1, 0.15) is 11.4 Å². The Morgan fingerprint density at radius 2 is 1.68 bits per heavy atom. The molecule has 0 unspecified atom stereocenters. The van der Waals surface area contributed by atoms with Gasteiger partial charge in [0.15, 0.2) is 0 Å². The molecule has 4 nitrogen and oxygen atoms in total. The molecule has 126 valence electrons. The number of nitrogens with zero attached hydrogens (tertiary/aromatic N) is 3. The molecule has 0 atom stereocenters. The molecule has 0 fully saturated rings. The molecule has 0 radical (unpaired) electrons. The Balaban J connectivity index is 0.00000182. The molecule has 4 rings (SSSR count). The summed E-state index contributed by atoms with van der Waals surface area (Å²) in [6, 6.07) is 18.4. The number of aromatic amines is 1. The van der Waals surface area contributed by atoms with Crippen LogP contribution in [0, 0.1) is 6.92 Å². The maximum Gasteiger partial charge on any atom is 0.408 e. The molecule has 0 aliphatic heterocycles. The number of H-pyrrole nitrogens is 1. The molecule has 0 saturated heterocycles. The van der Waals surface area contributed by atoms with Crippen molar-refractivity contribution in [1.29, 1.82) is 0 Å². The lowest BCUT2D eigenvalue weighted by atomic mass is 10.1. The SMILES string of the molecule is Cc1csc(N=Nc2c(-c3ccccc3)[nH]c3ccccc23)[n+]1C.[Br-]. The number of nitrogens with one attached hydrogen (secondary N) is 1. The first-order valence-corrected chi connectivity index (χ1v) is 8.64. The average Bonchev–Trinajstić information content (AvgIpc) is 3.15. The van der Waals surface area contributed by atoms with Gasteiger partial charge in [-0.3, -0.25) is 0 Å². The number of thiazole rings is 1. The number of benzene rings is 2. The van der Waals surface area contributed by atoms with E-state index in [4.69, 9.17) is 0 Å². The Bertz CT molecular complexity index is 1030. The zero-order chi connectivity index (χ0) is 16.5. The van der Waals surface area contributed by atoms with E-state index in [1.165, 1.54) is 5.69 Å². The fourth-order valence-corrected chi connectivity index (χ4v) is 3.50. The van der Waals surface area contributed by atoms with Crippen molar-refractivity contribution in [3.8, 4) is 11.3 Å². The lowest BCUT2D eigenvalue weighted by molar-refractivity contribution is -0.660. The van der Waals surface area contributed by atoms with Crippen molar-refractivity contribution in [3.63, 3.8) is 0 Å². The van der Waals surface area contributed by atoms with E-state index in [9.17, 15) is 0 Å². The van der Waals surface area contributed by atoms with Gasteiger partial charge in [-0.2, -0.15) is 0 Å². The minimum Gasteiger partial charge on any atom is -1.00 e. The molecular formula is C19H17BrN4S. The zero-order valence-electron chi connectivity index (χ0n) is 13.9. The molecule has 2 heterocycles. The molecule has 1 N–H and O–H groups in total. The smallest absolute Gasteiger partial charge is 0.408 e. The minimum absolute atomic E-state index is 0. The Kier molecular flexibility index (Phi) is 5.11. The number of rotatable bonds is 3. The van der Waals surface area contributed by atoms with Gasteiger partial charge in [0.25, 0.3) is 0 Å². The molecule has 0 aliphatic carbocycles. The fourth-order valence-electron chi connectivity index (χ4n) is 2.68. The number of azo groups is 1. The molecule has 4 aromatic rings. The molecule has 2 aromatic carbocycles. The second kappa shape index (κ2) is 7.29. The van der Waals surface area contributed by atoms with Crippen molar-refractivity contribution < 1.29 is 21.5 Å². The van der Waals surface area contributed by atoms with Crippen molar-refractivity contribution in [2.45, 2.75) is 6.92 Å².